The van der Waals surface area contributed by atoms with Crippen LogP contribution in [0, 0.1) is 0 Å². The monoisotopic (exact) mass is 224 g/mol. The summed E-state index contributed by atoms with van der Waals surface area (Å²) in [7, 11) is 0. The molecule has 0 radical (unpaired) electrons. The molecule has 0 saturated carbocycles. The Labute approximate surface area is 102 Å². The van der Waals surface area contributed by atoms with Crippen LogP contribution in [0.5, 0.6) is 0 Å². The molecule has 1 aromatic carbocycles. The Morgan fingerprint density at radius 1 is 1.24 bits per heavy atom. The molecule has 0 unspecified atom stereocenters. The van der Waals surface area contributed by atoms with Crippen LogP contribution in [0.3, 0.4) is 0 Å². The molecule has 2 heterocycles. The van der Waals surface area contributed by atoms with E-state index in [1.807, 2.05) is 0 Å². The second-order valence-electron chi connectivity index (χ2n) is 4.99. The summed E-state index contributed by atoms with van der Waals surface area (Å²) < 4.78 is 0. The first-order valence-electron chi connectivity index (χ1n) is 6.44. The minimum absolute atomic E-state index is 0.996. The highest BCUT2D eigenvalue weighted by Gasteiger charge is 2.27. The zero-order chi connectivity index (χ0) is 11.2. The van der Waals surface area contributed by atoms with Crippen LogP contribution < -0.4 is 10.2 Å². The fourth-order valence-corrected chi connectivity index (χ4v) is 3.20. The summed E-state index contributed by atoms with van der Waals surface area (Å²) in [6.45, 7) is 3.15. The van der Waals surface area contributed by atoms with Gasteiger partial charge in [-0.25, -0.2) is 0 Å². The Hall–Kier alpha value is -1.54. The van der Waals surface area contributed by atoms with Crippen molar-refractivity contribution < 1.29 is 0 Å². The van der Waals surface area contributed by atoms with Crippen molar-refractivity contribution in [1.82, 2.24) is 5.32 Å². The van der Waals surface area contributed by atoms with Gasteiger partial charge in [-0.3, -0.25) is 0 Å². The van der Waals surface area contributed by atoms with Crippen LogP contribution in [-0.2, 0) is 6.54 Å². The van der Waals surface area contributed by atoms with Gasteiger partial charge in [0.05, 0.1) is 5.69 Å². The first-order chi connectivity index (χ1) is 8.43. The molecule has 17 heavy (non-hydrogen) atoms. The number of fused-ring (bicyclic) bond motifs is 2. The molecule has 0 fully saturated rings. The molecule has 0 amide bonds. The normalized spacial score (nSPS) is 21.3. The summed E-state index contributed by atoms with van der Waals surface area (Å²) in [6.07, 6.45) is 7.19. The molecule has 0 saturated heterocycles. The van der Waals surface area contributed by atoms with Crippen LogP contribution in [0.2, 0.25) is 0 Å². The van der Waals surface area contributed by atoms with E-state index in [1.165, 1.54) is 40.8 Å². The van der Waals surface area contributed by atoms with E-state index >= 15 is 0 Å². The predicted molar refractivity (Wildman–Crippen MR) is 70.8 cm³/mol. The van der Waals surface area contributed by atoms with Crippen molar-refractivity contribution in [2.24, 2.45) is 0 Å². The lowest BCUT2D eigenvalue weighted by atomic mass is 9.93. The number of nitrogens with one attached hydrogen (secondary N) is 1. The molecule has 86 valence electrons. The fourth-order valence-electron chi connectivity index (χ4n) is 3.20. The average Bonchev–Trinajstić information content (AvgIpc) is 2.73. The maximum absolute atomic E-state index is 3.50. The zero-order valence-electron chi connectivity index (χ0n) is 9.87. The highest BCUT2D eigenvalue weighted by atomic mass is 15.2. The third-order valence-corrected chi connectivity index (χ3v) is 3.96. The van der Waals surface area contributed by atoms with Gasteiger partial charge in [0, 0.05) is 31.4 Å². The van der Waals surface area contributed by atoms with Crippen LogP contribution in [0.1, 0.15) is 24.0 Å². The van der Waals surface area contributed by atoms with Gasteiger partial charge in [0.25, 0.3) is 0 Å². The molecule has 4 rings (SSSR count). The van der Waals surface area contributed by atoms with E-state index in [9.17, 15) is 0 Å². The number of allylic oxidation sites excluding steroid dienone is 3. The molecular formula is C15H16N2. The highest BCUT2D eigenvalue weighted by Crippen LogP contribution is 2.44. The van der Waals surface area contributed by atoms with Gasteiger partial charge in [-0.1, -0.05) is 24.3 Å². The minimum atomic E-state index is 0.996. The summed E-state index contributed by atoms with van der Waals surface area (Å²) in [5, 5.41) is 3.50. The largest absolute Gasteiger partial charge is 0.346 e. The smallest absolute Gasteiger partial charge is 0.0531 e. The Morgan fingerprint density at radius 2 is 2.24 bits per heavy atom. The third-order valence-electron chi connectivity index (χ3n) is 3.96. The lowest BCUT2D eigenvalue weighted by Gasteiger charge is -2.29. The van der Waals surface area contributed by atoms with Gasteiger partial charge in [-0.2, -0.15) is 0 Å². The molecular weight excluding hydrogens is 208 g/mol. The van der Waals surface area contributed by atoms with E-state index in [-0.39, 0.29) is 0 Å². The van der Waals surface area contributed by atoms with Gasteiger partial charge in [-0.15, -0.1) is 0 Å². The Balaban J connectivity index is 1.99. The quantitative estimate of drug-likeness (QED) is 0.729. The summed E-state index contributed by atoms with van der Waals surface area (Å²) in [6, 6.07) is 6.72. The lowest BCUT2D eigenvalue weighted by Crippen LogP contribution is -2.26. The molecule has 1 aliphatic carbocycles. The van der Waals surface area contributed by atoms with E-state index in [2.05, 4.69) is 40.7 Å². The molecule has 0 atom stereocenters. The molecule has 2 nitrogen and oxygen atoms in total. The fraction of sp³-hybridized carbons (Fsp3) is 0.333. The van der Waals surface area contributed by atoms with E-state index in [0.29, 0.717) is 0 Å². The Kier molecular flexibility index (Phi) is 1.94. The number of hydrogen-bond acceptors (Lipinski definition) is 2. The minimum Gasteiger partial charge on any atom is -0.346 e. The van der Waals surface area contributed by atoms with Crippen molar-refractivity contribution in [2.75, 3.05) is 18.0 Å². The molecule has 2 heteroatoms. The van der Waals surface area contributed by atoms with Gasteiger partial charge in [0.2, 0.25) is 0 Å². The van der Waals surface area contributed by atoms with Crippen LogP contribution in [0.25, 0.3) is 5.57 Å². The second kappa shape index (κ2) is 3.47. The van der Waals surface area contributed by atoms with Crippen molar-refractivity contribution in [3.8, 4) is 0 Å². The number of benzene rings is 1. The summed E-state index contributed by atoms with van der Waals surface area (Å²) >= 11 is 0. The lowest BCUT2D eigenvalue weighted by molar-refractivity contribution is 0.711. The molecule has 0 aromatic heterocycles. The van der Waals surface area contributed by atoms with Crippen molar-refractivity contribution in [3.63, 3.8) is 0 Å². The number of anilines is 1. The van der Waals surface area contributed by atoms with Crippen molar-refractivity contribution >= 4 is 11.3 Å². The number of nitrogens with zero attached hydrogens (tertiary/aromatic N) is 1. The van der Waals surface area contributed by atoms with Crippen LogP contribution in [0.4, 0.5) is 5.69 Å². The standard InChI is InChI=1S/C15H16N2/c1-3-11-9-16-7-8-17-10-12-4-2-5-13(12)14(6-1)15(11)17/h1,3,5-6,10,16H,2,4,7-9H2. The SMILES string of the molecule is C1=C2CCC=C2c2cccc3c2N1CCNC3. The summed E-state index contributed by atoms with van der Waals surface area (Å²) in [5.41, 5.74) is 7.33. The zero-order valence-corrected chi connectivity index (χ0v) is 9.87. The first kappa shape index (κ1) is 9.49. The molecule has 1 aromatic rings. The van der Waals surface area contributed by atoms with Crippen molar-refractivity contribution in [3.05, 3.63) is 47.2 Å². The number of hydrogen-bond donors (Lipinski definition) is 1. The molecule has 1 N–H and O–H groups in total. The van der Waals surface area contributed by atoms with E-state index in [0.717, 1.165) is 19.6 Å². The average molecular weight is 224 g/mol. The Bertz CT molecular complexity index is 540. The maximum atomic E-state index is 3.50. The highest BCUT2D eigenvalue weighted by molar-refractivity contribution is 5.92. The molecule has 0 spiro atoms. The van der Waals surface area contributed by atoms with Gasteiger partial charge in [0.15, 0.2) is 0 Å². The number of para-hydroxylation sites is 1. The van der Waals surface area contributed by atoms with E-state index < -0.39 is 0 Å². The molecule has 2 aliphatic heterocycles. The van der Waals surface area contributed by atoms with Crippen LogP contribution in [0.15, 0.2) is 36.0 Å². The molecule has 3 aliphatic rings. The third kappa shape index (κ3) is 1.31. The topological polar surface area (TPSA) is 15.3 Å². The van der Waals surface area contributed by atoms with Crippen molar-refractivity contribution in [1.29, 1.82) is 0 Å². The van der Waals surface area contributed by atoms with E-state index in [1.54, 1.807) is 0 Å². The second-order valence-corrected chi connectivity index (χ2v) is 4.99. The van der Waals surface area contributed by atoms with Crippen LogP contribution in [-0.4, -0.2) is 13.1 Å². The van der Waals surface area contributed by atoms with Gasteiger partial charge >= 0.3 is 0 Å². The maximum Gasteiger partial charge on any atom is 0.0531 e. The molecule has 0 bridgehead atoms. The number of rotatable bonds is 0. The van der Waals surface area contributed by atoms with Crippen molar-refractivity contribution in [2.45, 2.75) is 19.4 Å². The van der Waals surface area contributed by atoms with Gasteiger partial charge in [-0.05, 0) is 29.6 Å². The van der Waals surface area contributed by atoms with Gasteiger partial charge in [0.1, 0.15) is 0 Å². The first-order valence-corrected chi connectivity index (χ1v) is 6.44. The van der Waals surface area contributed by atoms with E-state index in [4.69, 9.17) is 0 Å². The predicted octanol–water partition coefficient (Wildman–Crippen LogP) is 2.67. The van der Waals surface area contributed by atoms with Crippen LogP contribution >= 0.6 is 0 Å². The Morgan fingerprint density at radius 3 is 3.24 bits per heavy atom. The summed E-state index contributed by atoms with van der Waals surface area (Å²) in [5.74, 6) is 0. The van der Waals surface area contributed by atoms with Gasteiger partial charge < -0.3 is 10.2 Å². The summed E-state index contributed by atoms with van der Waals surface area (Å²) in [4.78, 5) is 2.45.